The van der Waals surface area contributed by atoms with Crippen molar-refractivity contribution in [3.63, 3.8) is 0 Å². The van der Waals surface area contributed by atoms with E-state index in [2.05, 4.69) is 0 Å². The van der Waals surface area contributed by atoms with E-state index < -0.39 is 63.6 Å². The Hall–Kier alpha value is -2.94. The van der Waals surface area contributed by atoms with Crippen LogP contribution in [0.15, 0.2) is 70.5 Å². The maximum Gasteiger partial charge on any atom is 0.209 e. The van der Waals surface area contributed by atoms with E-state index in [4.69, 9.17) is 4.74 Å². The summed E-state index contributed by atoms with van der Waals surface area (Å²) in [6.07, 6.45) is 9.68. The molecule has 2 aliphatic carbocycles. The number of allylic oxidation sites excluding steroid dienone is 7. The normalized spacial score (nSPS) is 38.4. The Morgan fingerprint density at radius 2 is 1.75 bits per heavy atom. The Labute approximate surface area is 211 Å². The highest BCUT2D eigenvalue weighted by atomic mass is 16.7. The van der Waals surface area contributed by atoms with Gasteiger partial charge in [-0.05, 0) is 54.0 Å². The molecule has 2 unspecified atom stereocenters. The molecular formula is C28H36O8. The van der Waals surface area contributed by atoms with Gasteiger partial charge in [0, 0.05) is 35.5 Å². The van der Waals surface area contributed by atoms with Crippen molar-refractivity contribution >= 4 is 11.6 Å². The summed E-state index contributed by atoms with van der Waals surface area (Å²) in [7, 11) is 0. The third-order valence-electron chi connectivity index (χ3n) is 7.85. The number of carbonyl (C=O) groups is 2. The fourth-order valence-electron chi connectivity index (χ4n) is 5.98. The van der Waals surface area contributed by atoms with Gasteiger partial charge in [-0.25, -0.2) is 0 Å². The molecule has 36 heavy (non-hydrogen) atoms. The molecule has 0 bridgehead atoms. The molecule has 8 nitrogen and oxygen atoms in total. The predicted molar refractivity (Wildman–Crippen MR) is 134 cm³/mol. The topological polar surface area (TPSA) is 145 Å². The molecule has 2 fully saturated rings. The average molecular weight is 501 g/mol. The van der Waals surface area contributed by atoms with Crippen molar-refractivity contribution in [1.82, 2.24) is 0 Å². The molecular weight excluding hydrogens is 464 g/mol. The van der Waals surface area contributed by atoms with E-state index >= 15 is 0 Å². The molecule has 1 saturated carbocycles. The lowest BCUT2D eigenvalue weighted by Gasteiger charge is -2.51. The second-order valence-corrected chi connectivity index (χ2v) is 10.3. The molecule has 3 rings (SSSR count). The van der Waals surface area contributed by atoms with Crippen LogP contribution >= 0.6 is 0 Å². The van der Waals surface area contributed by atoms with Crippen LogP contribution in [-0.2, 0) is 14.3 Å². The van der Waals surface area contributed by atoms with Gasteiger partial charge >= 0.3 is 0 Å². The zero-order valence-electron chi connectivity index (χ0n) is 21.6. The molecule has 1 aliphatic heterocycles. The summed E-state index contributed by atoms with van der Waals surface area (Å²) >= 11 is 0. The summed E-state index contributed by atoms with van der Waals surface area (Å²) in [6.45, 7) is 9.02. The molecule has 196 valence electrons. The van der Waals surface area contributed by atoms with Crippen LogP contribution in [0.2, 0.25) is 0 Å². The molecule has 0 aromatic rings. The molecule has 0 amide bonds. The van der Waals surface area contributed by atoms with Gasteiger partial charge in [-0.15, -0.1) is 0 Å². The van der Waals surface area contributed by atoms with Crippen molar-refractivity contribution in [2.45, 2.75) is 77.8 Å². The maximum atomic E-state index is 14.1. The molecule has 1 saturated heterocycles. The van der Waals surface area contributed by atoms with E-state index in [-0.39, 0.29) is 23.1 Å². The highest BCUT2D eigenvalue weighted by molar-refractivity contribution is 6.06. The third-order valence-corrected chi connectivity index (χ3v) is 7.85. The predicted octanol–water partition coefficient (Wildman–Crippen LogP) is 4.34. The fraction of sp³-hybridized carbons (Fsp3) is 0.500. The Balaban J connectivity index is 2.32. The van der Waals surface area contributed by atoms with E-state index in [1.807, 2.05) is 6.92 Å². The van der Waals surface area contributed by atoms with Crippen LogP contribution in [0, 0.1) is 11.3 Å². The van der Waals surface area contributed by atoms with Gasteiger partial charge < -0.3 is 30.3 Å². The number of hydrogen-bond donors (Lipinski definition) is 5. The summed E-state index contributed by atoms with van der Waals surface area (Å²) in [4.78, 5) is 27.5. The van der Waals surface area contributed by atoms with Crippen LogP contribution in [0.1, 0.15) is 60.8 Å². The first-order valence-electron chi connectivity index (χ1n) is 12.0. The minimum absolute atomic E-state index is 0.00346. The highest BCUT2D eigenvalue weighted by Gasteiger charge is 2.80. The number of aliphatic hydroxyl groups excluding tert-OH is 3. The van der Waals surface area contributed by atoms with Crippen LogP contribution in [0.4, 0.5) is 0 Å². The van der Waals surface area contributed by atoms with Gasteiger partial charge in [0.25, 0.3) is 0 Å². The van der Waals surface area contributed by atoms with Gasteiger partial charge in [0.2, 0.25) is 5.79 Å². The van der Waals surface area contributed by atoms with Crippen LogP contribution in [0.5, 0.6) is 0 Å². The quantitative estimate of drug-likeness (QED) is 0.157. The lowest BCUT2D eigenvalue weighted by molar-refractivity contribution is -0.328. The molecule has 8 heteroatoms. The van der Waals surface area contributed by atoms with Crippen LogP contribution < -0.4 is 0 Å². The number of carbonyl (C=O) groups excluding carboxylic acids is 2. The Morgan fingerprint density at radius 3 is 2.33 bits per heavy atom. The number of rotatable bonds is 6. The van der Waals surface area contributed by atoms with Gasteiger partial charge in [0.15, 0.2) is 11.6 Å². The second-order valence-electron chi connectivity index (χ2n) is 10.3. The molecule has 0 radical (unpaired) electrons. The molecule has 5 atom stereocenters. The number of fused-ring (bicyclic) bond motifs is 3. The molecule has 0 aromatic heterocycles. The molecule has 1 heterocycles. The lowest BCUT2D eigenvalue weighted by Crippen LogP contribution is -2.68. The number of ether oxygens (including phenoxy) is 1. The molecule has 0 spiro atoms. The lowest BCUT2D eigenvalue weighted by atomic mass is 9.52. The van der Waals surface area contributed by atoms with Crippen molar-refractivity contribution in [1.29, 1.82) is 0 Å². The number of aliphatic hydroxyl groups is 5. The fourth-order valence-corrected chi connectivity index (χ4v) is 5.98. The first-order valence-corrected chi connectivity index (χ1v) is 12.0. The van der Waals surface area contributed by atoms with Gasteiger partial charge in [-0.1, -0.05) is 30.4 Å². The van der Waals surface area contributed by atoms with E-state index in [0.717, 1.165) is 0 Å². The van der Waals surface area contributed by atoms with Crippen LogP contribution in [-0.4, -0.2) is 54.1 Å². The molecule has 5 N–H and O–H groups in total. The van der Waals surface area contributed by atoms with Gasteiger partial charge in [0.05, 0.1) is 5.41 Å². The number of hydrogen-bond acceptors (Lipinski definition) is 8. The van der Waals surface area contributed by atoms with Crippen molar-refractivity contribution in [3.05, 3.63) is 70.5 Å². The van der Waals surface area contributed by atoms with E-state index in [9.17, 15) is 35.1 Å². The third kappa shape index (κ3) is 3.62. The maximum absolute atomic E-state index is 14.1. The van der Waals surface area contributed by atoms with E-state index in [1.165, 1.54) is 39.8 Å². The minimum Gasteiger partial charge on any atom is -0.509 e. The Morgan fingerprint density at radius 1 is 1.11 bits per heavy atom. The monoisotopic (exact) mass is 500 g/mol. The molecule has 3 aliphatic rings. The summed E-state index contributed by atoms with van der Waals surface area (Å²) in [6, 6.07) is 0. The van der Waals surface area contributed by atoms with Gasteiger partial charge in [-0.3, -0.25) is 9.59 Å². The Bertz CT molecular complexity index is 1160. The highest BCUT2D eigenvalue weighted by Crippen LogP contribution is 2.67. The van der Waals surface area contributed by atoms with Crippen molar-refractivity contribution in [3.8, 4) is 0 Å². The van der Waals surface area contributed by atoms with E-state index in [0.29, 0.717) is 6.42 Å². The summed E-state index contributed by atoms with van der Waals surface area (Å²) in [5, 5.41) is 56.3. The van der Waals surface area contributed by atoms with Crippen LogP contribution in [0.3, 0.4) is 0 Å². The van der Waals surface area contributed by atoms with Crippen LogP contribution in [0.25, 0.3) is 0 Å². The first-order chi connectivity index (χ1) is 16.7. The Kier molecular flexibility index (Phi) is 7.05. The van der Waals surface area contributed by atoms with Crippen molar-refractivity contribution in [2.24, 2.45) is 11.3 Å². The smallest absolute Gasteiger partial charge is 0.209 e. The minimum atomic E-state index is -2.57. The average Bonchev–Trinajstić information content (AvgIpc) is 3.01. The summed E-state index contributed by atoms with van der Waals surface area (Å²) in [5.74, 6) is -6.52. The summed E-state index contributed by atoms with van der Waals surface area (Å²) in [5.41, 5.74) is -6.34. The van der Waals surface area contributed by atoms with Gasteiger partial charge in [-0.2, -0.15) is 0 Å². The standard InChI is InChI=1S/C28H36O8/c1-7-9-11-13-18(29)17-15-25(4,34)28(35)26(5,24(17)33)22-20(19(30)14-12-10-8-2)21(31)16(3)23(32)27(22,6)36-28/h7-11,13,22,29,31-32,34-35H,12,14-15H2,1-6H3/b9-7+,10-8+,13-11+,18-17?/t22-,25-,26?,27-,28?/m0/s1. The van der Waals surface area contributed by atoms with E-state index in [1.54, 1.807) is 31.2 Å². The SMILES string of the molecule is C/C=C/C=C/C(O)=C1C[C@](C)(O)C2(O)O[C@]3(C)C(O)=C(C)C(O)=C(C(=O)CC/C=C/C)[C@H]3C2(C)C1=O. The second kappa shape index (κ2) is 9.18. The molecule has 0 aromatic carbocycles. The summed E-state index contributed by atoms with van der Waals surface area (Å²) < 4.78 is 6.03. The zero-order chi connectivity index (χ0) is 27.3. The van der Waals surface area contributed by atoms with Crippen molar-refractivity contribution < 1.29 is 39.9 Å². The number of ketones is 2. The zero-order valence-corrected chi connectivity index (χ0v) is 21.6. The van der Waals surface area contributed by atoms with Crippen molar-refractivity contribution in [2.75, 3.05) is 0 Å². The largest absolute Gasteiger partial charge is 0.509 e. The number of Topliss-reactive ketones (excluding diaryl/α,β-unsaturated/α-hetero) is 2. The first kappa shape index (κ1) is 27.6. The van der Waals surface area contributed by atoms with Gasteiger partial charge in [0.1, 0.15) is 28.5 Å².